The smallest absolute Gasteiger partial charge is 0.349 e. The minimum atomic E-state index is -0.643. The zero-order valence-corrected chi connectivity index (χ0v) is 18.4. The Kier molecular flexibility index (Phi) is 6.44. The third kappa shape index (κ3) is 4.23. The maximum absolute atomic E-state index is 12.6. The lowest BCUT2D eigenvalue weighted by atomic mass is 10.2. The van der Waals surface area contributed by atoms with Crippen LogP contribution in [0.2, 0.25) is 5.02 Å². The summed E-state index contributed by atoms with van der Waals surface area (Å²) in [5.41, 5.74) is -0.198. The second-order valence-electron chi connectivity index (χ2n) is 6.30. The Hall–Kier alpha value is -2.58. The summed E-state index contributed by atoms with van der Waals surface area (Å²) in [6.07, 6.45) is 2.10. The number of nitrogens with zero attached hydrogens (tertiary/aromatic N) is 2. The molecule has 0 aliphatic heterocycles. The number of aromatic nitrogens is 2. The molecule has 2 aromatic carbocycles. The van der Waals surface area contributed by atoms with Gasteiger partial charge in [0.05, 0.1) is 30.3 Å². The van der Waals surface area contributed by atoms with E-state index in [0.717, 1.165) is 11.1 Å². The molecule has 1 N–H and O–H groups in total. The van der Waals surface area contributed by atoms with Crippen molar-refractivity contribution in [3.63, 3.8) is 0 Å². The molecule has 29 heavy (non-hydrogen) atoms. The molecule has 1 heterocycles. The van der Waals surface area contributed by atoms with Gasteiger partial charge in [0, 0.05) is 10.0 Å². The van der Waals surface area contributed by atoms with Crippen molar-refractivity contribution in [1.82, 2.24) is 9.66 Å². The number of H-pyrrole nitrogens is 1. The van der Waals surface area contributed by atoms with Gasteiger partial charge in [-0.25, -0.2) is 4.79 Å². The molecule has 0 radical (unpaired) electrons. The van der Waals surface area contributed by atoms with Gasteiger partial charge in [0.2, 0.25) is 0 Å². The van der Waals surface area contributed by atoms with Gasteiger partial charge in [-0.2, -0.15) is 5.10 Å². The topological polar surface area (TPSA) is 85.7 Å². The molecule has 1 aromatic heterocycles. The molecule has 0 aliphatic rings. The van der Waals surface area contributed by atoms with Crippen molar-refractivity contribution in [2.45, 2.75) is 26.4 Å². The number of aromatic amines is 1. The van der Waals surface area contributed by atoms with Crippen LogP contribution in [0.25, 0.3) is 10.9 Å². The third-order valence-corrected chi connectivity index (χ3v) is 5.81. The summed E-state index contributed by atoms with van der Waals surface area (Å²) in [4.78, 5) is 27.5. The Labute approximate surface area is 180 Å². The number of halogens is 2. The summed E-state index contributed by atoms with van der Waals surface area (Å²) < 4.78 is 12.5. The molecule has 7 nitrogen and oxygen atoms in total. The number of nitrogens with one attached hydrogen (secondary N) is 1. The predicted octanol–water partition coefficient (Wildman–Crippen LogP) is 4.17. The number of hydrogen-bond acceptors (Lipinski definition) is 5. The number of rotatable bonds is 6. The Morgan fingerprint density at radius 3 is 2.76 bits per heavy atom. The minimum absolute atomic E-state index is 0.0532. The van der Waals surface area contributed by atoms with Crippen LogP contribution >= 0.6 is 27.5 Å². The molecular formula is C20H19BrClN3O4. The number of benzene rings is 2. The van der Waals surface area contributed by atoms with E-state index in [1.54, 1.807) is 30.3 Å². The lowest BCUT2D eigenvalue weighted by molar-refractivity contribution is 0.207. The van der Waals surface area contributed by atoms with Crippen molar-refractivity contribution in [3.05, 3.63) is 66.2 Å². The quantitative estimate of drug-likeness (QED) is 0.537. The largest absolute Gasteiger partial charge is 0.493 e. The van der Waals surface area contributed by atoms with Crippen molar-refractivity contribution in [2.75, 3.05) is 7.11 Å². The van der Waals surface area contributed by atoms with Crippen LogP contribution in [0.5, 0.6) is 11.5 Å². The van der Waals surface area contributed by atoms with E-state index in [1.807, 2.05) is 13.8 Å². The molecule has 9 heteroatoms. The first-order valence-electron chi connectivity index (χ1n) is 8.88. The van der Waals surface area contributed by atoms with Gasteiger partial charge >= 0.3 is 5.69 Å². The van der Waals surface area contributed by atoms with E-state index in [-0.39, 0.29) is 6.10 Å². The Balaban J connectivity index is 2.08. The molecule has 0 amide bonds. The van der Waals surface area contributed by atoms with Crippen LogP contribution in [0, 0.1) is 0 Å². The number of para-hydroxylation sites is 1. The maximum Gasteiger partial charge on any atom is 0.349 e. The maximum atomic E-state index is 12.6. The van der Waals surface area contributed by atoms with Gasteiger partial charge in [-0.3, -0.25) is 4.79 Å². The molecule has 0 bridgehead atoms. The normalized spacial score (nSPS) is 12.4. The van der Waals surface area contributed by atoms with Crippen LogP contribution in [-0.2, 0) is 0 Å². The molecule has 0 saturated heterocycles. The average molecular weight is 481 g/mol. The third-order valence-electron chi connectivity index (χ3n) is 4.37. The van der Waals surface area contributed by atoms with Gasteiger partial charge in [0.25, 0.3) is 5.56 Å². The lowest BCUT2D eigenvalue weighted by Gasteiger charge is -2.18. The first kappa shape index (κ1) is 21.1. The van der Waals surface area contributed by atoms with Gasteiger partial charge in [0.15, 0.2) is 11.5 Å². The zero-order chi connectivity index (χ0) is 21.1. The lowest BCUT2D eigenvalue weighted by Crippen LogP contribution is -2.32. The van der Waals surface area contributed by atoms with E-state index in [9.17, 15) is 9.59 Å². The first-order chi connectivity index (χ1) is 13.9. The molecular weight excluding hydrogens is 462 g/mol. The van der Waals surface area contributed by atoms with Crippen molar-refractivity contribution < 1.29 is 9.47 Å². The summed E-state index contributed by atoms with van der Waals surface area (Å²) in [6.45, 7) is 3.93. The van der Waals surface area contributed by atoms with E-state index < -0.39 is 11.2 Å². The van der Waals surface area contributed by atoms with Crippen molar-refractivity contribution >= 4 is 44.6 Å². The average Bonchev–Trinajstić information content (AvgIpc) is 2.72. The molecule has 1 atom stereocenters. The minimum Gasteiger partial charge on any atom is -0.493 e. The van der Waals surface area contributed by atoms with Gasteiger partial charge in [-0.05, 0) is 47.5 Å². The molecule has 0 spiro atoms. The molecule has 3 rings (SSSR count). The van der Waals surface area contributed by atoms with E-state index >= 15 is 0 Å². The summed E-state index contributed by atoms with van der Waals surface area (Å²) >= 11 is 9.88. The highest BCUT2D eigenvalue weighted by molar-refractivity contribution is 9.10. The molecule has 152 valence electrons. The summed E-state index contributed by atoms with van der Waals surface area (Å²) in [6, 6.07) is 8.39. The summed E-state index contributed by atoms with van der Waals surface area (Å²) in [7, 11) is 1.50. The molecule has 0 unspecified atom stereocenters. The summed E-state index contributed by atoms with van der Waals surface area (Å²) in [5.74, 6) is 0.827. The standard InChI is InChI=1S/C20H19BrClN3O4/c1-4-11(2)29-18-15(28-3)9-12(16(21)17(18)22)10-23-25-19(26)13-7-5-6-8-14(13)24-20(25)27/h5-11H,4H2,1-3H3,(H,24,27)/t11-/m0/s1. The zero-order valence-electron chi connectivity index (χ0n) is 16.0. The SMILES string of the molecule is CC[C@H](C)Oc1c(OC)cc(C=Nn2c(=O)[nH]c3ccccc3c2=O)c(Br)c1Cl. The Bertz CT molecular complexity index is 1200. The van der Waals surface area contributed by atoms with E-state index in [1.165, 1.54) is 13.3 Å². The van der Waals surface area contributed by atoms with E-state index in [2.05, 4.69) is 26.0 Å². The fourth-order valence-corrected chi connectivity index (χ4v) is 3.27. The molecule has 0 aliphatic carbocycles. The van der Waals surface area contributed by atoms with Gasteiger partial charge in [0.1, 0.15) is 5.02 Å². The van der Waals surface area contributed by atoms with Crippen LogP contribution in [-0.4, -0.2) is 29.1 Å². The van der Waals surface area contributed by atoms with Crippen molar-refractivity contribution in [2.24, 2.45) is 5.10 Å². The number of fused-ring (bicyclic) bond motifs is 1. The van der Waals surface area contributed by atoms with Crippen LogP contribution < -0.4 is 20.7 Å². The van der Waals surface area contributed by atoms with Crippen LogP contribution in [0.15, 0.2) is 49.5 Å². The number of hydrogen-bond donors (Lipinski definition) is 1. The van der Waals surface area contributed by atoms with Crippen LogP contribution in [0.1, 0.15) is 25.8 Å². The highest BCUT2D eigenvalue weighted by Crippen LogP contribution is 2.42. The Morgan fingerprint density at radius 1 is 1.34 bits per heavy atom. The van der Waals surface area contributed by atoms with Crippen molar-refractivity contribution in [1.29, 1.82) is 0 Å². The highest BCUT2D eigenvalue weighted by atomic mass is 79.9. The van der Waals surface area contributed by atoms with E-state index in [0.29, 0.717) is 37.5 Å². The fourth-order valence-electron chi connectivity index (χ4n) is 2.62. The van der Waals surface area contributed by atoms with Crippen LogP contribution in [0.4, 0.5) is 0 Å². The fraction of sp³-hybridized carbons (Fsp3) is 0.250. The van der Waals surface area contributed by atoms with Crippen LogP contribution in [0.3, 0.4) is 0 Å². The highest BCUT2D eigenvalue weighted by Gasteiger charge is 2.18. The first-order valence-corrected chi connectivity index (χ1v) is 10.1. The Morgan fingerprint density at radius 2 is 2.07 bits per heavy atom. The summed E-state index contributed by atoms with van der Waals surface area (Å²) in [5, 5.41) is 4.73. The van der Waals surface area contributed by atoms with Gasteiger partial charge in [-0.1, -0.05) is 30.7 Å². The molecule has 3 aromatic rings. The van der Waals surface area contributed by atoms with E-state index in [4.69, 9.17) is 21.1 Å². The van der Waals surface area contributed by atoms with Gasteiger partial charge in [-0.15, -0.1) is 4.68 Å². The van der Waals surface area contributed by atoms with Crippen molar-refractivity contribution in [3.8, 4) is 11.5 Å². The second-order valence-corrected chi connectivity index (χ2v) is 7.47. The van der Waals surface area contributed by atoms with Gasteiger partial charge < -0.3 is 14.5 Å². The molecule has 0 fully saturated rings. The molecule has 0 saturated carbocycles. The predicted molar refractivity (Wildman–Crippen MR) is 118 cm³/mol. The monoisotopic (exact) mass is 479 g/mol. The number of ether oxygens (including phenoxy) is 2. The number of methoxy groups -OCH3 is 1. The second kappa shape index (κ2) is 8.84.